The predicted octanol–water partition coefficient (Wildman–Crippen LogP) is 4.49. The van der Waals surface area contributed by atoms with Gasteiger partial charge in [-0.25, -0.2) is 0 Å². The Bertz CT molecular complexity index is 1450. The Labute approximate surface area is 217 Å². The third-order valence-electron chi connectivity index (χ3n) is 6.18. The molecule has 196 valence electrons. The van der Waals surface area contributed by atoms with Crippen molar-refractivity contribution >= 4 is 33.1 Å². The zero-order valence-corrected chi connectivity index (χ0v) is 22.5. The van der Waals surface area contributed by atoms with Crippen LogP contribution in [0.2, 0.25) is 0 Å². The Hall–Kier alpha value is -3.92. The van der Waals surface area contributed by atoms with Crippen molar-refractivity contribution in [2.24, 2.45) is 0 Å². The summed E-state index contributed by atoms with van der Waals surface area (Å²) in [5, 5.41) is 6.80. The molecule has 3 aromatic rings. The van der Waals surface area contributed by atoms with Crippen LogP contribution in [0, 0.1) is 0 Å². The molecular formula is C27H31N3O6S. The Balaban J connectivity index is 1.87. The third kappa shape index (κ3) is 5.29. The van der Waals surface area contributed by atoms with Crippen LogP contribution in [0.25, 0.3) is 11.1 Å². The Kier molecular flexibility index (Phi) is 6.96. The van der Waals surface area contributed by atoms with E-state index >= 15 is 0 Å². The number of rotatable bonds is 8. The third-order valence-corrected chi connectivity index (χ3v) is 6.67. The summed E-state index contributed by atoms with van der Waals surface area (Å²) in [5.41, 5.74) is 3.97. The molecule has 9 nitrogen and oxygen atoms in total. The number of carbonyl (C=O) groups is 1. The van der Waals surface area contributed by atoms with Gasteiger partial charge in [0.2, 0.25) is 0 Å². The molecule has 10 heteroatoms. The van der Waals surface area contributed by atoms with Gasteiger partial charge in [0.05, 0.1) is 37.5 Å². The van der Waals surface area contributed by atoms with Crippen LogP contribution in [-0.2, 0) is 21.5 Å². The summed E-state index contributed by atoms with van der Waals surface area (Å²) in [5.74, 6) is 1.19. The lowest BCUT2D eigenvalue weighted by atomic mass is 9.91. The van der Waals surface area contributed by atoms with Crippen molar-refractivity contribution in [2.45, 2.75) is 25.9 Å². The molecular weight excluding hydrogens is 494 g/mol. The molecule has 0 atom stereocenters. The molecule has 1 heterocycles. The number of fused-ring (bicyclic) bond motifs is 1. The topological polar surface area (TPSA) is 106 Å². The molecule has 0 saturated carbocycles. The van der Waals surface area contributed by atoms with Crippen molar-refractivity contribution in [1.82, 2.24) is 0 Å². The second-order valence-electron chi connectivity index (χ2n) is 9.31. The fourth-order valence-corrected chi connectivity index (χ4v) is 5.01. The lowest BCUT2D eigenvalue weighted by Gasteiger charge is -2.40. The van der Waals surface area contributed by atoms with E-state index in [1.807, 2.05) is 50.2 Å². The molecule has 0 radical (unpaired) electrons. The molecule has 0 spiro atoms. The summed E-state index contributed by atoms with van der Waals surface area (Å²) in [7, 11) is 1.18. The van der Waals surface area contributed by atoms with Gasteiger partial charge in [-0.2, -0.15) is 8.42 Å². The zero-order valence-electron chi connectivity index (χ0n) is 21.7. The molecule has 1 amide bonds. The molecule has 0 unspecified atom stereocenters. The lowest BCUT2D eigenvalue weighted by Crippen LogP contribution is -2.52. The maximum absolute atomic E-state index is 13.2. The van der Waals surface area contributed by atoms with Crippen molar-refractivity contribution in [2.75, 3.05) is 43.1 Å². The molecule has 1 aliphatic heterocycles. The molecule has 0 bridgehead atoms. The van der Waals surface area contributed by atoms with Gasteiger partial charge in [0.1, 0.15) is 22.8 Å². The minimum absolute atomic E-state index is 0.0699. The van der Waals surface area contributed by atoms with Gasteiger partial charge in [0, 0.05) is 30.8 Å². The van der Waals surface area contributed by atoms with E-state index in [1.54, 1.807) is 31.2 Å². The maximum atomic E-state index is 13.2. The first-order valence-corrected chi connectivity index (χ1v) is 13.4. The van der Waals surface area contributed by atoms with E-state index in [2.05, 4.69) is 10.6 Å². The van der Waals surface area contributed by atoms with Crippen LogP contribution >= 0.6 is 0 Å². The van der Waals surface area contributed by atoms with Crippen LogP contribution in [0.4, 0.5) is 17.1 Å². The standard InChI is InChI=1S/C27H31N3O6S/c1-27(2)26(31)30(3)25-20(16-28-21-9-7-8-10-23(21)34-4)18(13-14-22(25)29-27)19-12-11-17(15-24(19)35-5)36-37(6,32)33/h7-15,28-29H,16H2,1-6H3. The highest BCUT2D eigenvalue weighted by atomic mass is 32.2. The number of amides is 1. The highest BCUT2D eigenvalue weighted by molar-refractivity contribution is 7.86. The van der Waals surface area contributed by atoms with Gasteiger partial charge in [-0.1, -0.05) is 18.2 Å². The minimum atomic E-state index is -3.70. The SMILES string of the molecule is COc1ccccc1NCc1c(-c2ccc(OS(C)(=O)=O)cc2OC)ccc2c1N(C)C(=O)C(C)(C)N2. The number of benzene rings is 3. The molecule has 0 saturated heterocycles. The molecule has 0 fully saturated rings. The zero-order chi connectivity index (χ0) is 27.0. The van der Waals surface area contributed by atoms with Gasteiger partial charge in [0.15, 0.2) is 0 Å². The van der Waals surface area contributed by atoms with Gasteiger partial charge >= 0.3 is 10.1 Å². The largest absolute Gasteiger partial charge is 0.496 e. The molecule has 4 rings (SSSR count). The van der Waals surface area contributed by atoms with E-state index < -0.39 is 15.7 Å². The first kappa shape index (κ1) is 26.2. The Morgan fingerprint density at radius 2 is 1.65 bits per heavy atom. The number of hydrogen-bond acceptors (Lipinski definition) is 8. The smallest absolute Gasteiger partial charge is 0.306 e. The van der Waals surface area contributed by atoms with Crippen LogP contribution in [0.5, 0.6) is 17.2 Å². The molecule has 3 aromatic carbocycles. The van der Waals surface area contributed by atoms with Crippen LogP contribution in [-0.4, -0.2) is 47.4 Å². The number of anilines is 3. The van der Waals surface area contributed by atoms with Crippen LogP contribution in [0.1, 0.15) is 19.4 Å². The maximum Gasteiger partial charge on any atom is 0.306 e. The van der Waals surface area contributed by atoms with Crippen molar-refractivity contribution in [3.8, 4) is 28.4 Å². The summed E-state index contributed by atoms with van der Waals surface area (Å²) in [6.07, 6.45) is 0.986. The Morgan fingerprint density at radius 3 is 2.32 bits per heavy atom. The monoisotopic (exact) mass is 525 g/mol. The first-order valence-electron chi connectivity index (χ1n) is 11.6. The van der Waals surface area contributed by atoms with E-state index in [4.69, 9.17) is 13.7 Å². The van der Waals surface area contributed by atoms with Crippen LogP contribution < -0.4 is 29.2 Å². The fourth-order valence-electron chi connectivity index (χ4n) is 4.56. The first-order chi connectivity index (χ1) is 17.4. The normalized spacial score (nSPS) is 14.4. The Morgan fingerprint density at radius 1 is 0.973 bits per heavy atom. The minimum Gasteiger partial charge on any atom is -0.496 e. The number of ether oxygens (including phenoxy) is 2. The van der Waals surface area contributed by atoms with Gasteiger partial charge in [-0.05, 0) is 49.7 Å². The molecule has 37 heavy (non-hydrogen) atoms. The quantitative estimate of drug-likeness (QED) is 0.415. The van der Waals surface area contributed by atoms with Crippen molar-refractivity contribution in [1.29, 1.82) is 0 Å². The number of para-hydroxylation sites is 2. The number of methoxy groups -OCH3 is 2. The van der Waals surface area contributed by atoms with Crippen molar-refractivity contribution < 1.29 is 26.9 Å². The average Bonchev–Trinajstić information content (AvgIpc) is 2.85. The summed E-state index contributed by atoms with van der Waals surface area (Å²) in [6.45, 7) is 4.06. The number of nitrogens with one attached hydrogen (secondary N) is 2. The van der Waals surface area contributed by atoms with Crippen molar-refractivity contribution in [3.05, 3.63) is 60.2 Å². The second kappa shape index (κ2) is 9.85. The predicted molar refractivity (Wildman–Crippen MR) is 145 cm³/mol. The van der Waals surface area contributed by atoms with E-state index in [0.717, 1.165) is 34.4 Å². The van der Waals surface area contributed by atoms with E-state index in [0.29, 0.717) is 23.6 Å². The molecule has 0 aromatic heterocycles. The number of carbonyl (C=O) groups excluding carboxylic acids is 1. The van der Waals surface area contributed by atoms with Crippen LogP contribution in [0.15, 0.2) is 54.6 Å². The highest BCUT2D eigenvalue weighted by Gasteiger charge is 2.38. The molecule has 0 aliphatic carbocycles. The van der Waals surface area contributed by atoms with Gasteiger partial charge in [-0.15, -0.1) is 0 Å². The summed E-state index contributed by atoms with van der Waals surface area (Å²) in [6, 6.07) is 16.3. The number of nitrogens with zero attached hydrogens (tertiary/aromatic N) is 1. The van der Waals surface area contributed by atoms with E-state index in [-0.39, 0.29) is 11.7 Å². The van der Waals surface area contributed by atoms with Gasteiger partial charge in [-0.3, -0.25) is 4.79 Å². The van der Waals surface area contributed by atoms with E-state index in [1.165, 1.54) is 13.2 Å². The fraction of sp³-hybridized carbons (Fsp3) is 0.296. The average molecular weight is 526 g/mol. The highest BCUT2D eigenvalue weighted by Crippen LogP contribution is 2.45. The number of likely N-dealkylation sites (N-methyl/N-ethyl adjacent to an activating group) is 1. The molecule has 2 N–H and O–H groups in total. The lowest BCUT2D eigenvalue weighted by molar-refractivity contribution is -0.121. The summed E-state index contributed by atoms with van der Waals surface area (Å²) in [4.78, 5) is 14.9. The second-order valence-corrected chi connectivity index (χ2v) is 10.9. The summed E-state index contributed by atoms with van der Waals surface area (Å²) < 4.78 is 39.4. The van der Waals surface area contributed by atoms with Gasteiger partial charge in [0.25, 0.3) is 5.91 Å². The van der Waals surface area contributed by atoms with Crippen molar-refractivity contribution in [3.63, 3.8) is 0 Å². The summed E-state index contributed by atoms with van der Waals surface area (Å²) >= 11 is 0. The molecule has 1 aliphatic rings. The van der Waals surface area contributed by atoms with Crippen LogP contribution in [0.3, 0.4) is 0 Å². The number of hydrogen-bond donors (Lipinski definition) is 2. The van der Waals surface area contributed by atoms with E-state index in [9.17, 15) is 13.2 Å². The van der Waals surface area contributed by atoms with Gasteiger partial charge < -0.3 is 29.2 Å².